The van der Waals surface area contributed by atoms with Gasteiger partial charge in [0.05, 0.1) is 0 Å². The number of ether oxygens (including phenoxy) is 1. The topological polar surface area (TPSA) is 21.3 Å². The average Bonchev–Trinajstić information content (AvgIpc) is 2.38. The maximum atomic E-state index is 6.27. The largest absolute Gasteiger partial charge is 0.381 e. The molecule has 0 aliphatic rings. The highest BCUT2D eigenvalue weighted by Crippen LogP contribution is 2.23. The maximum absolute atomic E-state index is 6.27. The number of likely N-dealkylation sites (N-methyl/N-ethyl adjacent to an activating group) is 1. The Labute approximate surface area is 130 Å². The first-order chi connectivity index (χ1) is 9.17. The highest BCUT2D eigenvalue weighted by Gasteiger charge is 2.11. The monoisotopic (exact) mass is 347 g/mol. The summed E-state index contributed by atoms with van der Waals surface area (Å²) in [5.74, 6) is 0. The zero-order valence-electron chi connectivity index (χ0n) is 11.7. The van der Waals surface area contributed by atoms with Crippen LogP contribution in [0.1, 0.15) is 32.3 Å². The number of hydrogen-bond acceptors (Lipinski definition) is 2. The fourth-order valence-corrected chi connectivity index (χ4v) is 2.74. The molecule has 0 heterocycles. The van der Waals surface area contributed by atoms with Crippen LogP contribution in [0.25, 0.3) is 0 Å². The van der Waals surface area contributed by atoms with Gasteiger partial charge in [-0.2, -0.15) is 0 Å². The zero-order valence-corrected chi connectivity index (χ0v) is 14.1. The van der Waals surface area contributed by atoms with Crippen molar-refractivity contribution >= 4 is 27.5 Å². The molecular weight excluding hydrogens is 326 g/mol. The molecule has 0 spiro atoms. The standard InChI is InChI=1S/C15H23BrClNO/c1-3-8-19-9-7-14(18-4-2)10-12-5-6-13(16)11-15(12)17/h5-6,11,14,18H,3-4,7-10H2,1-2H3. The van der Waals surface area contributed by atoms with Gasteiger partial charge in [-0.25, -0.2) is 0 Å². The lowest BCUT2D eigenvalue weighted by atomic mass is 10.0. The fourth-order valence-electron chi connectivity index (χ4n) is 1.99. The highest BCUT2D eigenvalue weighted by atomic mass is 79.9. The molecule has 0 amide bonds. The molecule has 4 heteroatoms. The molecule has 1 unspecified atom stereocenters. The Morgan fingerprint density at radius 1 is 1.32 bits per heavy atom. The van der Waals surface area contributed by atoms with Crippen LogP contribution in [0.3, 0.4) is 0 Å². The van der Waals surface area contributed by atoms with Crippen LogP contribution in [0.5, 0.6) is 0 Å². The Balaban J connectivity index is 2.51. The summed E-state index contributed by atoms with van der Waals surface area (Å²) in [6.45, 7) is 6.87. The van der Waals surface area contributed by atoms with Crippen LogP contribution < -0.4 is 5.32 Å². The molecule has 1 atom stereocenters. The molecule has 19 heavy (non-hydrogen) atoms. The van der Waals surface area contributed by atoms with Crippen LogP contribution in [-0.4, -0.2) is 25.8 Å². The molecular formula is C15H23BrClNO. The van der Waals surface area contributed by atoms with Crippen molar-refractivity contribution in [3.05, 3.63) is 33.3 Å². The van der Waals surface area contributed by atoms with E-state index in [0.29, 0.717) is 6.04 Å². The number of benzene rings is 1. The van der Waals surface area contributed by atoms with Crippen molar-refractivity contribution in [1.29, 1.82) is 0 Å². The van der Waals surface area contributed by atoms with E-state index in [1.807, 2.05) is 12.1 Å². The number of halogens is 2. The lowest BCUT2D eigenvalue weighted by molar-refractivity contribution is 0.124. The van der Waals surface area contributed by atoms with Gasteiger partial charge in [0, 0.05) is 28.8 Å². The van der Waals surface area contributed by atoms with E-state index >= 15 is 0 Å². The van der Waals surface area contributed by atoms with Gasteiger partial charge in [0.25, 0.3) is 0 Å². The number of rotatable bonds is 9. The zero-order chi connectivity index (χ0) is 14.1. The summed E-state index contributed by atoms with van der Waals surface area (Å²) in [7, 11) is 0. The SMILES string of the molecule is CCCOCCC(Cc1ccc(Br)cc1Cl)NCC. The van der Waals surface area contributed by atoms with Gasteiger partial charge in [-0.15, -0.1) is 0 Å². The van der Waals surface area contributed by atoms with Crippen molar-refractivity contribution in [3.8, 4) is 0 Å². The lowest BCUT2D eigenvalue weighted by Crippen LogP contribution is -2.32. The number of hydrogen-bond donors (Lipinski definition) is 1. The maximum Gasteiger partial charge on any atom is 0.0480 e. The molecule has 1 N–H and O–H groups in total. The molecule has 0 radical (unpaired) electrons. The Morgan fingerprint density at radius 2 is 2.11 bits per heavy atom. The first kappa shape index (κ1) is 17.0. The van der Waals surface area contributed by atoms with E-state index in [1.165, 1.54) is 5.56 Å². The second-order valence-corrected chi connectivity index (χ2v) is 5.92. The smallest absolute Gasteiger partial charge is 0.0480 e. The minimum atomic E-state index is 0.417. The van der Waals surface area contributed by atoms with Crippen molar-refractivity contribution in [1.82, 2.24) is 5.32 Å². The third-order valence-electron chi connectivity index (χ3n) is 2.93. The van der Waals surface area contributed by atoms with Crippen molar-refractivity contribution in [2.75, 3.05) is 19.8 Å². The van der Waals surface area contributed by atoms with Gasteiger partial charge in [-0.3, -0.25) is 0 Å². The summed E-state index contributed by atoms with van der Waals surface area (Å²) in [6, 6.07) is 6.50. The summed E-state index contributed by atoms with van der Waals surface area (Å²) in [5, 5.41) is 4.33. The van der Waals surface area contributed by atoms with Crippen molar-refractivity contribution in [2.45, 2.75) is 39.2 Å². The Morgan fingerprint density at radius 3 is 2.74 bits per heavy atom. The van der Waals surface area contributed by atoms with Gasteiger partial charge in [0.15, 0.2) is 0 Å². The summed E-state index contributed by atoms with van der Waals surface area (Å²) in [6.07, 6.45) is 3.03. The summed E-state index contributed by atoms with van der Waals surface area (Å²) < 4.78 is 6.59. The van der Waals surface area contributed by atoms with Crippen LogP contribution in [0.4, 0.5) is 0 Å². The average molecular weight is 349 g/mol. The molecule has 0 fully saturated rings. The van der Waals surface area contributed by atoms with Crippen molar-refractivity contribution in [3.63, 3.8) is 0 Å². The normalized spacial score (nSPS) is 12.6. The summed E-state index contributed by atoms with van der Waals surface area (Å²) in [5.41, 5.74) is 1.19. The second kappa shape index (κ2) is 9.76. The minimum absolute atomic E-state index is 0.417. The molecule has 0 aliphatic carbocycles. The van der Waals surface area contributed by atoms with Crippen molar-refractivity contribution < 1.29 is 4.74 Å². The fraction of sp³-hybridized carbons (Fsp3) is 0.600. The molecule has 2 nitrogen and oxygen atoms in total. The van der Waals surface area contributed by atoms with Gasteiger partial charge in [-0.1, -0.05) is 47.4 Å². The highest BCUT2D eigenvalue weighted by molar-refractivity contribution is 9.10. The lowest BCUT2D eigenvalue weighted by Gasteiger charge is -2.18. The Kier molecular flexibility index (Phi) is 8.71. The molecule has 0 saturated carbocycles. The van der Waals surface area contributed by atoms with E-state index in [9.17, 15) is 0 Å². The first-order valence-corrected chi connectivity index (χ1v) is 8.09. The molecule has 1 aromatic carbocycles. The van der Waals surface area contributed by atoms with Gasteiger partial charge < -0.3 is 10.1 Å². The quantitative estimate of drug-likeness (QED) is 0.666. The van der Waals surface area contributed by atoms with Gasteiger partial charge in [0.2, 0.25) is 0 Å². The molecule has 0 aromatic heterocycles. The predicted octanol–water partition coefficient (Wildman–Crippen LogP) is 4.44. The molecule has 0 saturated heterocycles. The van der Waals surface area contributed by atoms with Crippen LogP contribution >= 0.6 is 27.5 Å². The second-order valence-electron chi connectivity index (χ2n) is 4.60. The molecule has 0 aliphatic heterocycles. The molecule has 1 rings (SSSR count). The van der Waals surface area contributed by atoms with Crippen molar-refractivity contribution in [2.24, 2.45) is 0 Å². The number of nitrogens with one attached hydrogen (secondary N) is 1. The third-order valence-corrected chi connectivity index (χ3v) is 3.78. The first-order valence-electron chi connectivity index (χ1n) is 6.92. The van der Waals surface area contributed by atoms with Gasteiger partial charge in [-0.05, 0) is 43.5 Å². The van der Waals surface area contributed by atoms with Gasteiger partial charge >= 0.3 is 0 Å². The Bertz CT molecular complexity index is 373. The van der Waals surface area contributed by atoms with E-state index in [1.54, 1.807) is 0 Å². The minimum Gasteiger partial charge on any atom is -0.381 e. The molecule has 108 valence electrons. The predicted molar refractivity (Wildman–Crippen MR) is 86.0 cm³/mol. The van der Waals surface area contributed by atoms with Gasteiger partial charge in [0.1, 0.15) is 0 Å². The third kappa shape index (κ3) is 6.75. The van der Waals surface area contributed by atoms with E-state index in [0.717, 1.165) is 48.5 Å². The summed E-state index contributed by atoms with van der Waals surface area (Å²) >= 11 is 9.70. The van der Waals surface area contributed by atoms with E-state index in [2.05, 4.69) is 41.2 Å². The molecule has 1 aromatic rings. The summed E-state index contributed by atoms with van der Waals surface area (Å²) in [4.78, 5) is 0. The Hall–Kier alpha value is -0.0900. The van der Waals surface area contributed by atoms with Crippen LogP contribution in [0.2, 0.25) is 5.02 Å². The van der Waals surface area contributed by atoms with E-state index < -0.39 is 0 Å². The van der Waals surface area contributed by atoms with E-state index in [4.69, 9.17) is 16.3 Å². The molecule has 0 bridgehead atoms. The van der Waals surface area contributed by atoms with Crippen LogP contribution in [0.15, 0.2) is 22.7 Å². The van der Waals surface area contributed by atoms with E-state index in [-0.39, 0.29) is 0 Å². The van der Waals surface area contributed by atoms with Crippen LogP contribution in [-0.2, 0) is 11.2 Å². The van der Waals surface area contributed by atoms with Crippen LogP contribution in [0, 0.1) is 0 Å².